The highest BCUT2D eigenvalue weighted by atomic mass is 16.5. The molecule has 2 N–H and O–H groups in total. The van der Waals surface area contributed by atoms with Gasteiger partial charge in [0.05, 0.1) is 12.3 Å². The molecule has 140 valence electrons. The Kier molecular flexibility index (Phi) is 5.56. The van der Waals surface area contributed by atoms with Gasteiger partial charge in [0.2, 0.25) is 11.8 Å². The minimum Gasteiger partial charge on any atom is -0.395 e. The SMILES string of the molecule is CN(C(=O)C1CCCC1)C(C)(C)C(=O)Nc1cc(C(C)(C)CO)no1. The lowest BCUT2D eigenvalue weighted by Crippen LogP contribution is -2.54. The maximum absolute atomic E-state index is 12.7. The number of aliphatic hydroxyl groups excluding tert-OH is 1. The number of hydrogen-bond acceptors (Lipinski definition) is 5. The summed E-state index contributed by atoms with van der Waals surface area (Å²) in [7, 11) is 1.67. The van der Waals surface area contributed by atoms with E-state index in [9.17, 15) is 14.7 Å². The van der Waals surface area contributed by atoms with Crippen molar-refractivity contribution in [2.24, 2.45) is 5.92 Å². The minimum absolute atomic E-state index is 0.0114. The van der Waals surface area contributed by atoms with Crippen LogP contribution in [-0.4, -0.2) is 46.2 Å². The van der Waals surface area contributed by atoms with E-state index in [0.29, 0.717) is 5.69 Å². The summed E-state index contributed by atoms with van der Waals surface area (Å²) in [4.78, 5) is 26.8. The van der Waals surface area contributed by atoms with E-state index in [4.69, 9.17) is 4.52 Å². The van der Waals surface area contributed by atoms with Gasteiger partial charge in [0.1, 0.15) is 5.54 Å². The van der Waals surface area contributed by atoms with Crippen molar-refractivity contribution in [2.75, 3.05) is 19.0 Å². The van der Waals surface area contributed by atoms with Crippen molar-refractivity contribution in [1.29, 1.82) is 0 Å². The third-order valence-corrected chi connectivity index (χ3v) is 5.26. The van der Waals surface area contributed by atoms with Crippen molar-refractivity contribution in [2.45, 2.75) is 64.3 Å². The fourth-order valence-corrected chi connectivity index (χ4v) is 2.87. The first-order valence-corrected chi connectivity index (χ1v) is 8.77. The lowest BCUT2D eigenvalue weighted by molar-refractivity contribution is -0.144. The van der Waals surface area contributed by atoms with Crippen LogP contribution < -0.4 is 5.32 Å². The second-order valence-corrected chi connectivity index (χ2v) is 8.01. The summed E-state index contributed by atoms with van der Waals surface area (Å²) in [6.45, 7) is 6.99. The number of nitrogens with one attached hydrogen (secondary N) is 1. The molecule has 7 heteroatoms. The number of nitrogens with zero attached hydrogens (tertiary/aromatic N) is 2. The van der Waals surface area contributed by atoms with Gasteiger partial charge in [-0.15, -0.1) is 0 Å². The molecular weight excluding hydrogens is 322 g/mol. The normalized spacial score (nSPS) is 16.1. The molecule has 0 aromatic carbocycles. The molecule has 0 radical (unpaired) electrons. The molecule has 0 bridgehead atoms. The lowest BCUT2D eigenvalue weighted by Gasteiger charge is -2.35. The predicted octanol–water partition coefficient (Wildman–Crippen LogP) is 2.31. The van der Waals surface area contributed by atoms with Crippen molar-refractivity contribution >= 4 is 17.7 Å². The highest BCUT2D eigenvalue weighted by Crippen LogP contribution is 2.29. The third-order valence-electron chi connectivity index (χ3n) is 5.26. The van der Waals surface area contributed by atoms with E-state index in [1.54, 1.807) is 27.0 Å². The summed E-state index contributed by atoms with van der Waals surface area (Å²) in [5.41, 5.74) is -1.02. The van der Waals surface area contributed by atoms with Gasteiger partial charge >= 0.3 is 0 Å². The molecule has 2 rings (SSSR count). The smallest absolute Gasteiger partial charge is 0.252 e. The maximum Gasteiger partial charge on any atom is 0.252 e. The van der Waals surface area contributed by atoms with Crippen LogP contribution in [0.1, 0.15) is 59.1 Å². The zero-order valence-electron chi connectivity index (χ0n) is 15.8. The molecule has 1 aliphatic carbocycles. The fraction of sp³-hybridized carbons (Fsp3) is 0.722. The number of rotatable bonds is 6. The van der Waals surface area contributed by atoms with Gasteiger partial charge in [0, 0.05) is 24.4 Å². The Bertz CT molecular complexity index is 630. The van der Waals surface area contributed by atoms with Crippen LogP contribution in [0.15, 0.2) is 10.6 Å². The molecule has 0 aliphatic heterocycles. The molecule has 1 heterocycles. The lowest BCUT2D eigenvalue weighted by atomic mass is 9.91. The number of carbonyl (C=O) groups is 2. The molecule has 0 spiro atoms. The van der Waals surface area contributed by atoms with Crippen molar-refractivity contribution in [1.82, 2.24) is 10.1 Å². The van der Waals surface area contributed by atoms with E-state index in [1.165, 1.54) is 4.90 Å². The molecule has 0 saturated heterocycles. The number of anilines is 1. The molecule has 0 unspecified atom stereocenters. The Morgan fingerprint density at radius 2 is 1.92 bits per heavy atom. The van der Waals surface area contributed by atoms with Gasteiger partial charge in [0.15, 0.2) is 0 Å². The van der Waals surface area contributed by atoms with Crippen LogP contribution in [-0.2, 0) is 15.0 Å². The standard InChI is InChI=1S/C18H29N3O4/c1-17(2,11-22)13-10-14(25-20-13)19-16(24)18(3,4)21(5)15(23)12-8-6-7-9-12/h10,12,22H,6-9,11H2,1-5H3,(H,19,24). The van der Waals surface area contributed by atoms with Gasteiger partial charge in [-0.2, -0.15) is 0 Å². The van der Waals surface area contributed by atoms with Crippen LogP contribution in [0.2, 0.25) is 0 Å². The molecule has 1 fully saturated rings. The molecule has 0 atom stereocenters. The Labute approximate surface area is 148 Å². The van der Waals surface area contributed by atoms with E-state index in [-0.39, 0.29) is 30.2 Å². The first kappa shape index (κ1) is 19.4. The fourth-order valence-electron chi connectivity index (χ4n) is 2.87. The number of aromatic nitrogens is 1. The van der Waals surface area contributed by atoms with Crippen LogP contribution in [0.25, 0.3) is 0 Å². The van der Waals surface area contributed by atoms with Gasteiger partial charge < -0.3 is 14.5 Å². The van der Waals surface area contributed by atoms with Crippen molar-refractivity contribution < 1.29 is 19.2 Å². The summed E-state index contributed by atoms with van der Waals surface area (Å²) in [5.74, 6) is -0.112. The number of aliphatic hydroxyl groups is 1. The molecular formula is C18H29N3O4. The zero-order valence-corrected chi connectivity index (χ0v) is 15.8. The van der Waals surface area contributed by atoms with Crippen LogP contribution in [0, 0.1) is 5.92 Å². The van der Waals surface area contributed by atoms with Crippen molar-refractivity contribution in [3.05, 3.63) is 11.8 Å². The first-order chi connectivity index (χ1) is 11.6. The average molecular weight is 351 g/mol. The summed E-state index contributed by atoms with van der Waals surface area (Å²) >= 11 is 0. The van der Waals surface area contributed by atoms with Crippen LogP contribution in [0.5, 0.6) is 0 Å². The number of likely N-dealkylation sites (N-methyl/N-ethyl adjacent to an activating group) is 1. The van der Waals surface area contributed by atoms with Crippen molar-refractivity contribution in [3.63, 3.8) is 0 Å². The Balaban J connectivity index is 2.06. The first-order valence-electron chi connectivity index (χ1n) is 8.77. The summed E-state index contributed by atoms with van der Waals surface area (Å²) in [6, 6.07) is 1.60. The Morgan fingerprint density at radius 1 is 1.32 bits per heavy atom. The topological polar surface area (TPSA) is 95.7 Å². The number of carbonyl (C=O) groups excluding carboxylic acids is 2. The molecule has 1 aromatic heterocycles. The second-order valence-electron chi connectivity index (χ2n) is 8.01. The highest BCUT2D eigenvalue weighted by molar-refractivity contribution is 5.99. The van der Waals surface area contributed by atoms with E-state index < -0.39 is 11.0 Å². The molecule has 1 aromatic rings. The van der Waals surface area contributed by atoms with Crippen LogP contribution in [0.4, 0.5) is 5.88 Å². The van der Waals surface area contributed by atoms with Gasteiger partial charge in [-0.05, 0) is 26.7 Å². The summed E-state index contributed by atoms with van der Waals surface area (Å²) in [5, 5.41) is 16.0. The van der Waals surface area contributed by atoms with Gasteiger partial charge in [-0.3, -0.25) is 14.9 Å². The monoisotopic (exact) mass is 351 g/mol. The van der Waals surface area contributed by atoms with E-state index in [2.05, 4.69) is 10.5 Å². The highest BCUT2D eigenvalue weighted by Gasteiger charge is 2.39. The molecule has 1 saturated carbocycles. The van der Waals surface area contributed by atoms with Gasteiger partial charge in [-0.1, -0.05) is 31.8 Å². The Morgan fingerprint density at radius 3 is 2.48 bits per heavy atom. The molecule has 2 amide bonds. The number of hydrogen-bond donors (Lipinski definition) is 2. The van der Waals surface area contributed by atoms with Crippen molar-refractivity contribution in [3.8, 4) is 0 Å². The maximum atomic E-state index is 12.7. The van der Waals surface area contributed by atoms with E-state index >= 15 is 0 Å². The largest absolute Gasteiger partial charge is 0.395 e. The Hall–Kier alpha value is -1.89. The summed E-state index contributed by atoms with van der Waals surface area (Å²) in [6.07, 6.45) is 3.92. The average Bonchev–Trinajstić information content (AvgIpc) is 3.25. The zero-order chi connectivity index (χ0) is 18.8. The van der Waals surface area contributed by atoms with Crippen LogP contribution >= 0.6 is 0 Å². The minimum atomic E-state index is -1.01. The van der Waals surface area contributed by atoms with Crippen LogP contribution in [0.3, 0.4) is 0 Å². The van der Waals surface area contributed by atoms with E-state index in [0.717, 1.165) is 25.7 Å². The van der Waals surface area contributed by atoms with Gasteiger partial charge in [-0.25, -0.2) is 0 Å². The third kappa shape index (κ3) is 4.03. The molecule has 1 aliphatic rings. The second kappa shape index (κ2) is 7.15. The summed E-state index contributed by atoms with van der Waals surface area (Å²) < 4.78 is 5.16. The molecule has 7 nitrogen and oxygen atoms in total. The van der Waals surface area contributed by atoms with Gasteiger partial charge in [0.25, 0.3) is 5.91 Å². The molecule has 25 heavy (non-hydrogen) atoms. The quantitative estimate of drug-likeness (QED) is 0.820. The van der Waals surface area contributed by atoms with E-state index in [1.807, 2.05) is 13.8 Å². The number of amides is 2. The predicted molar refractivity (Wildman–Crippen MR) is 94.1 cm³/mol.